The molecule has 46 heavy (non-hydrogen) atoms. The summed E-state index contributed by atoms with van der Waals surface area (Å²) >= 11 is 0. The summed E-state index contributed by atoms with van der Waals surface area (Å²) in [5.74, 6) is -0.668. The molecule has 0 heterocycles. The van der Waals surface area contributed by atoms with Crippen LogP contribution in [0.15, 0.2) is 0 Å². The van der Waals surface area contributed by atoms with Gasteiger partial charge in [-0.3, -0.25) is 9.59 Å². The smallest absolute Gasteiger partial charge is 0.306 e. The molecule has 1 unspecified atom stereocenters. The summed E-state index contributed by atoms with van der Waals surface area (Å²) in [5, 5.41) is 8.79. The summed E-state index contributed by atoms with van der Waals surface area (Å²) in [5.41, 5.74) is 0. The molecule has 0 aromatic carbocycles. The lowest BCUT2D eigenvalue weighted by atomic mass is 10.0. The van der Waals surface area contributed by atoms with Crippen molar-refractivity contribution in [3.63, 3.8) is 0 Å². The highest BCUT2D eigenvalue weighted by molar-refractivity contribution is 5.69. The topological polar surface area (TPSA) is 63.6 Å². The van der Waals surface area contributed by atoms with Crippen molar-refractivity contribution in [1.29, 1.82) is 0 Å². The minimum atomic E-state index is -0.688. The van der Waals surface area contributed by atoms with E-state index >= 15 is 0 Å². The Kier molecular flexibility index (Phi) is 37.5. The Morgan fingerprint density at radius 3 is 0.957 bits per heavy atom. The largest absolute Gasteiger partial charge is 0.481 e. The maximum absolute atomic E-state index is 12.7. The van der Waals surface area contributed by atoms with E-state index < -0.39 is 5.97 Å². The van der Waals surface area contributed by atoms with Crippen molar-refractivity contribution in [2.24, 2.45) is 0 Å². The summed E-state index contributed by atoms with van der Waals surface area (Å²) in [6.07, 6.45) is 45.6. The Labute approximate surface area is 288 Å². The summed E-state index contributed by atoms with van der Waals surface area (Å²) in [4.78, 5) is 23.4. The van der Waals surface area contributed by atoms with Gasteiger partial charge in [-0.2, -0.15) is 0 Å². The normalized spacial score (nSPS) is 12.0. The van der Waals surface area contributed by atoms with Gasteiger partial charge in [0, 0.05) is 12.8 Å². The van der Waals surface area contributed by atoms with Crippen molar-refractivity contribution >= 4 is 11.9 Å². The van der Waals surface area contributed by atoms with Crippen LogP contribution in [0.25, 0.3) is 0 Å². The van der Waals surface area contributed by atoms with E-state index in [1.54, 1.807) is 0 Å². The second kappa shape index (κ2) is 38.4. The first-order valence-corrected chi connectivity index (χ1v) is 21.0. The monoisotopic (exact) mass is 651 g/mol. The van der Waals surface area contributed by atoms with Crippen LogP contribution in [-0.2, 0) is 14.3 Å². The van der Waals surface area contributed by atoms with Crippen LogP contribution in [0.4, 0.5) is 0 Å². The average molecular weight is 651 g/mol. The van der Waals surface area contributed by atoms with E-state index in [1.165, 1.54) is 161 Å². The maximum atomic E-state index is 12.7. The van der Waals surface area contributed by atoms with E-state index in [4.69, 9.17) is 9.84 Å². The zero-order valence-electron chi connectivity index (χ0n) is 31.4. The van der Waals surface area contributed by atoms with Crippen LogP contribution in [0, 0.1) is 0 Å². The fourth-order valence-corrected chi connectivity index (χ4v) is 6.72. The number of carbonyl (C=O) groups excluding carboxylic acids is 1. The summed E-state index contributed by atoms with van der Waals surface area (Å²) < 4.78 is 6.03. The first-order valence-electron chi connectivity index (χ1n) is 21.0. The van der Waals surface area contributed by atoms with Gasteiger partial charge >= 0.3 is 11.9 Å². The molecule has 0 aromatic rings. The number of carboxylic acids is 1. The van der Waals surface area contributed by atoms with Gasteiger partial charge in [0.05, 0.1) is 0 Å². The first-order chi connectivity index (χ1) is 22.6. The highest BCUT2D eigenvalue weighted by Gasteiger charge is 2.14. The van der Waals surface area contributed by atoms with E-state index in [-0.39, 0.29) is 18.5 Å². The van der Waals surface area contributed by atoms with Crippen molar-refractivity contribution in [1.82, 2.24) is 0 Å². The average Bonchev–Trinajstić information content (AvgIpc) is 3.04. The predicted octanol–water partition coefficient (Wildman–Crippen LogP) is 14.5. The second-order valence-corrected chi connectivity index (χ2v) is 14.5. The number of hydrogen-bond donors (Lipinski definition) is 1. The fourth-order valence-electron chi connectivity index (χ4n) is 6.72. The van der Waals surface area contributed by atoms with E-state index in [9.17, 15) is 9.59 Å². The molecule has 274 valence electrons. The molecule has 0 aromatic heterocycles. The fraction of sp³-hybridized carbons (Fsp3) is 0.952. The SMILES string of the molecule is CCCCCCCCCCCCCCCCCCCC(=O)OC(CCCCCCCCCCCC)CCCCCCCCC(=O)O. The number of unbranched alkanes of at least 4 members (excludes halogenated alkanes) is 30. The van der Waals surface area contributed by atoms with Gasteiger partial charge in [0.15, 0.2) is 0 Å². The number of carboxylic acid groups (broad SMARTS) is 1. The molecule has 4 nitrogen and oxygen atoms in total. The molecule has 0 spiro atoms. The lowest BCUT2D eigenvalue weighted by Gasteiger charge is -2.18. The number of hydrogen-bond acceptors (Lipinski definition) is 3. The van der Waals surface area contributed by atoms with Crippen LogP contribution in [0.3, 0.4) is 0 Å². The Bertz CT molecular complexity index is 619. The molecule has 0 aliphatic carbocycles. The number of esters is 1. The molecule has 0 radical (unpaired) electrons. The van der Waals surface area contributed by atoms with Crippen LogP contribution < -0.4 is 0 Å². The van der Waals surface area contributed by atoms with Crippen molar-refractivity contribution in [2.45, 2.75) is 258 Å². The van der Waals surface area contributed by atoms with E-state index in [1.807, 2.05) is 0 Å². The lowest BCUT2D eigenvalue weighted by Crippen LogP contribution is -2.18. The van der Waals surface area contributed by atoms with E-state index in [2.05, 4.69) is 13.8 Å². The Morgan fingerprint density at radius 1 is 0.391 bits per heavy atom. The molecule has 0 aliphatic heterocycles. The van der Waals surface area contributed by atoms with Gasteiger partial charge in [0.1, 0.15) is 6.10 Å². The standard InChI is InChI=1S/C42H82O4/c1-3-5-7-9-11-13-15-16-17-18-19-20-21-23-25-31-35-39-42(45)46-40(37-33-29-26-27-30-34-38-41(43)44)36-32-28-24-22-14-12-10-8-6-4-2/h40H,3-39H2,1-2H3,(H,43,44). The predicted molar refractivity (Wildman–Crippen MR) is 200 cm³/mol. The Hall–Kier alpha value is -1.06. The molecule has 0 saturated heterocycles. The minimum Gasteiger partial charge on any atom is -0.481 e. The highest BCUT2D eigenvalue weighted by Crippen LogP contribution is 2.19. The molecule has 0 fully saturated rings. The van der Waals surface area contributed by atoms with Crippen molar-refractivity contribution in [3.8, 4) is 0 Å². The number of ether oxygens (including phenoxy) is 1. The summed E-state index contributed by atoms with van der Waals surface area (Å²) in [7, 11) is 0. The summed E-state index contributed by atoms with van der Waals surface area (Å²) in [6, 6.07) is 0. The van der Waals surface area contributed by atoms with Crippen LogP contribution in [0.1, 0.15) is 251 Å². The zero-order valence-corrected chi connectivity index (χ0v) is 31.4. The number of rotatable bonds is 39. The molecule has 4 heteroatoms. The number of aliphatic carboxylic acids is 1. The minimum absolute atomic E-state index is 0.0201. The van der Waals surface area contributed by atoms with Gasteiger partial charge in [-0.25, -0.2) is 0 Å². The molecule has 0 amide bonds. The lowest BCUT2D eigenvalue weighted by molar-refractivity contribution is -0.150. The quantitative estimate of drug-likeness (QED) is 0.0531. The molecule has 0 saturated carbocycles. The van der Waals surface area contributed by atoms with Crippen LogP contribution >= 0.6 is 0 Å². The highest BCUT2D eigenvalue weighted by atomic mass is 16.5. The van der Waals surface area contributed by atoms with Gasteiger partial charge in [0.2, 0.25) is 0 Å². The van der Waals surface area contributed by atoms with Crippen LogP contribution in [0.5, 0.6) is 0 Å². The number of carbonyl (C=O) groups is 2. The van der Waals surface area contributed by atoms with Crippen molar-refractivity contribution in [2.75, 3.05) is 0 Å². The van der Waals surface area contributed by atoms with Crippen LogP contribution in [-0.4, -0.2) is 23.1 Å². The third-order valence-electron chi connectivity index (χ3n) is 9.83. The molecular weight excluding hydrogens is 568 g/mol. The second-order valence-electron chi connectivity index (χ2n) is 14.5. The van der Waals surface area contributed by atoms with E-state index in [0.29, 0.717) is 6.42 Å². The molecule has 1 atom stereocenters. The van der Waals surface area contributed by atoms with Gasteiger partial charge in [-0.05, 0) is 38.5 Å². The van der Waals surface area contributed by atoms with Gasteiger partial charge < -0.3 is 9.84 Å². The molecule has 0 aliphatic rings. The molecule has 0 bridgehead atoms. The molecular formula is C42H82O4. The van der Waals surface area contributed by atoms with Gasteiger partial charge in [-0.15, -0.1) is 0 Å². The third kappa shape index (κ3) is 37.4. The van der Waals surface area contributed by atoms with Crippen LogP contribution in [0.2, 0.25) is 0 Å². The first kappa shape index (κ1) is 44.9. The maximum Gasteiger partial charge on any atom is 0.306 e. The molecule has 0 rings (SSSR count). The van der Waals surface area contributed by atoms with Crippen molar-refractivity contribution < 1.29 is 19.4 Å². The van der Waals surface area contributed by atoms with Crippen molar-refractivity contribution in [3.05, 3.63) is 0 Å². The molecule has 1 N–H and O–H groups in total. The van der Waals surface area contributed by atoms with E-state index in [0.717, 1.165) is 64.2 Å². The summed E-state index contributed by atoms with van der Waals surface area (Å²) in [6.45, 7) is 4.56. The van der Waals surface area contributed by atoms with Gasteiger partial charge in [0.25, 0.3) is 0 Å². The van der Waals surface area contributed by atoms with Gasteiger partial charge in [-0.1, -0.05) is 200 Å². The Morgan fingerprint density at radius 2 is 0.652 bits per heavy atom. The third-order valence-corrected chi connectivity index (χ3v) is 9.83. The Balaban J connectivity index is 3.93. The zero-order chi connectivity index (χ0) is 33.6.